The van der Waals surface area contributed by atoms with Crippen molar-refractivity contribution in [2.24, 2.45) is 0 Å². The fourth-order valence-corrected chi connectivity index (χ4v) is 6.32. The number of halogens is 2. The van der Waals surface area contributed by atoms with Crippen LogP contribution < -0.4 is 10.6 Å². The maximum atomic E-state index is 15.9. The van der Waals surface area contributed by atoms with Crippen molar-refractivity contribution in [2.75, 3.05) is 37.3 Å². The first-order valence-electron chi connectivity index (χ1n) is 13.3. The fourth-order valence-electron chi connectivity index (χ4n) is 5.39. The van der Waals surface area contributed by atoms with Crippen LogP contribution in [0.3, 0.4) is 0 Å². The summed E-state index contributed by atoms with van der Waals surface area (Å²) >= 11 is 0. The van der Waals surface area contributed by atoms with Crippen molar-refractivity contribution in [2.45, 2.75) is 17.9 Å². The van der Waals surface area contributed by atoms with Crippen molar-refractivity contribution < 1.29 is 27.1 Å². The van der Waals surface area contributed by atoms with Crippen LogP contribution in [-0.2, 0) is 14.6 Å². The molecule has 1 aliphatic rings. The number of phenols is 1. The molecule has 1 saturated heterocycles. The number of piperazine rings is 1. The summed E-state index contributed by atoms with van der Waals surface area (Å²) in [6, 6.07) is 8.09. The maximum absolute atomic E-state index is 15.9. The Kier molecular flexibility index (Phi) is 7.92. The van der Waals surface area contributed by atoms with E-state index >= 15 is 4.39 Å². The van der Waals surface area contributed by atoms with Gasteiger partial charge >= 0.3 is 5.69 Å². The van der Waals surface area contributed by atoms with Crippen molar-refractivity contribution >= 4 is 32.6 Å². The first-order chi connectivity index (χ1) is 20.9. The molecule has 11 nitrogen and oxygen atoms in total. The minimum Gasteiger partial charge on any atom is -0.507 e. The van der Waals surface area contributed by atoms with Gasteiger partial charge in [0.05, 0.1) is 21.5 Å². The first-order valence-corrected chi connectivity index (χ1v) is 15.2. The number of nitrogens with zero attached hydrogens (tertiary/aromatic N) is 6. The zero-order valence-electron chi connectivity index (χ0n) is 23.7. The number of anilines is 1. The van der Waals surface area contributed by atoms with E-state index in [0.29, 0.717) is 5.56 Å². The molecule has 5 rings (SSSR count). The fraction of sp³-hybridized carbons (Fsp3) is 0.233. The largest absolute Gasteiger partial charge is 0.507 e. The molecule has 1 atom stereocenters. The lowest BCUT2D eigenvalue weighted by atomic mass is 10.1. The molecule has 0 bridgehead atoms. The monoisotopic (exact) mass is 620 g/mol. The highest BCUT2D eigenvalue weighted by Crippen LogP contribution is 2.37. The molecule has 2 aromatic heterocycles. The number of sulfone groups is 1. The number of fused-ring (bicyclic) bond motifs is 1. The Bertz CT molecular complexity index is 2040. The van der Waals surface area contributed by atoms with Gasteiger partial charge in [0, 0.05) is 25.9 Å². The number of benzene rings is 2. The molecule has 0 spiro atoms. The molecular weight excluding hydrogens is 594 g/mol. The number of hydrogen-bond donors (Lipinski definition) is 1. The third kappa shape index (κ3) is 5.26. The maximum Gasteiger partial charge on any atom is 0.355 e. The third-order valence-electron chi connectivity index (χ3n) is 7.40. The predicted octanol–water partition coefficient (Wildman–Crippen LogP) is 3.27. The summed E-state index contributed by atoms with van der Waals surface area (Å²) in [7, 11) is -3.92. The zero-order valence-corrected chi connectivity index (χ0v) is 24.5. The summed E-state index contributed by atoms with van der Waals surface area (Å²) in [5.41, 5.74) is -2.13. The topological polar surface area (TPSA) is 130 Å². The second-order valence-electron chi connectivity index (χ2n) is 10.2. The van der Waals surface area contributed by atoms with Crippen molar-refractivity contribution in [3.63, 3.8) is 0 Å². The standard InChI is InChI=1S/C30H26F2N6O5S/c1-5-24(40)36-12-13-37(18(16-36)15-33-3)28-19-14-21(32)26(25-20(31)9-7-10-22(25)39)34-29(19)38(30(41)35-28)27-17(2)8-6-11-23(27)44(4,42)43/h5-11,14,18,39H,1,12-13,15-16H2,2,4H3/t18-/m0/s1. The van der Waals surface area contributed by atoms with E-state index in [2.05, 4.69) is 21.4 Å². The van der Waals surface area contributed by atoms with Crippen LogP contribution in [0.4, 0.5) is 14.6 Å². The Balaban J connectivity index is 1.88. The van der Waals surface area contributed by atoms with Gasteiger partial charge < -0.3 is 19.8 Å². The molecule has 44 heavy (non-hydrogen) atoms. The summed E-state index contributed by atoms with van der Waals surface area (Å²) in [4.78, 5) is 41.2. The zero-order chi connectivity index (χ0) is 31.9. The molecule has 14 heteroatoms. The van der Waals surface area contributed by atoms with Crippen molar-refractivity contribution in [3.8, 4) is 22.7 Å². The predicted molar refractivity (Wildman–Crippen MR) is 159 cm³/mol. The molecule has 0 radical (unpaired) electrons. The van der Waals surface area contributed by atoms with Crippen molar-refractivity contribution in [1.29, 1.82) is 0 Å². The van der Waals surface area contributed by atoms with Crippen molar-refractivity contribution in [3.05, 3.63) is 94.2 Å². The highest BCUT2D eigenvalue weighted by Gasteiger charge is 2.34. The molecule has 1 amide bonds. The van der Waals surface area contributed by atoms with Crippen LogP contribution in [0.1, 0.15) is 5.56 Å². The minimum absolute atomic E-state index is 0.0390. The summed E-state index contributed by atoms with van der Waals surface area (Å²) in [6.45, 7) is 12.8. The lowest BCUT2D eigenvalue weighted by molar-refractivity contribution is -0.126. The van der Waals surface area contributed by atoms with Gasteiger partial charge in [-0.1, -0.05) is 24.8 Å². The Labute approximate surface area is 251 Å². The minimum atomic E-state index is -3.92. The number of hydrogen-bond acceptors (Lipinski definition) is 8. The quantitative estimate of drug-likeness (QED) is 0.257. The van der Waals surface area contributed by atoms with Crippen LogP contribution in [0.5, 0.6) is 5.75 Å². The number of aromatic nitrogens is 3. The second kappa shape index (κ2) is 11.5. The van der Waals surface area contributed by atoms with Crippen LogP contribution in [0.25, 0.3) is 32.8 Å². The second-order valence-corrected chi connectivity index (χ2v) is 12.2. The molecule has 226 valence electrons. The van der Waals surface area contributed by atoms with E-state index in [9.17, 15) is 27.5 Å². The van der Waals surface area contributed by atoms with Crippen LogP contribution in [0, 0.1) is 25.1 Å². The van der Waals surface area contributed by atoms with Crippen LogP contribution in [0.2, 0.25) is 0 Å². The smallest absolute Gasteiger partial charge is 0.355 e. The number of carbonyl (C=O) groups excluding carboxylic acids is 1. The highest BCUT2D eigenvalue weighted by atomic mass is 32.2. The van der Waals surface area contributed by atoms with E-state index in [1.807, 2.05) is 0 Å². The Morgan fingerprint density at radius 3 is 2.57 bits per heavy atom. The van der Waals surface area contributed by atoms with E-state index in [-0.39, 0.29) is 59.5 Å². The Morgan fingerprint density at radius 1 is 1.18 bits per heavy atom. The van der Waals surface area contributed by atoms with E-state index in [4.69, 9.17) is 6.57 Å². The lowest BCUT2D eigenvalue weighted by Crippen LogP contribution is -2.56. The molecule has 1 N–H and O–H groups in total. The molecule has 1 fully saturated rings. The van der Waals surface area contributed by atoms with Crippen LogP contribution >= 0.6 is 0 Å². The summed E-state index contributed by atoms with van der Waals surface area (Å²) in [5, 5.41) is 10.4. The van der Waals surface area contributed by atoms with Gasteiger partial charge in [0.15, 0.2) is 21.3 Å². The number of pyridine rings is 1. The van der Waals surface area contributed by atoms with E-state index in [1.54, 1.807) is 17.9 Å². The van der Waals surface area contributed by atoms with Gasteiger partial charge in [-0.05, 0) is 42.8 Å². The Morgan fingerprint density at radius 2 is 1.91 bits per heavy atom. The molecule has 4 aromatic rings. The van der Waals surface area contributed by atoms with Gasteiger partial charge in [-0.25, -0.2) is 38.1 Å². The number of aryl methyl sites for hydroxylation is 1. The number of carbonyl (C=O) groups is 1. The summed E-state index contributed by atoms with van der Waals surface area (Å²) in [6.07, 6.45) is 2.12. The van der Waals surface area contributed by atoms with Crippen LogP contribution in [0.15, 0.2) is 64.8 Å². The lowest BCUT2D eigenvalue weighted by Gasteiger charge is -2.40. The van der Waals surface area contributed by atoms with Crippen LogP contribution in [-0.4, -0.2) is 77.3 Å². The summed E-state index contributed by atoms with van der Waals surface area (Å²) < 4.78 is 57.4. The first kappa shape index (κ1) is 30.3. The van der Waals surface area contributed by atoms with Gasteiger partial charge in [0.2, 0.25) is 12.5 Å². The van der Waals surface area contributed by atoms with Gasteiger partial charge in [0.1, 0.15) is 29.1 Å². The van der Waals surface area contributed by atoms with Gasteiger partial charge in [-0.15, -0.1) is 0 Å². The molecule has 0 aliphatic carbocycles. The number of para-hydroxylation sites is 1. The van der Waals surface area contributed by atoms with Gasteiger partial charge in [-0.3, -0.25) is 4.79 Å². The van der Waals surface area contributed by atoms with E-state index < -0.39 is 50.2 Å². The number of rotatable bonds is 6. The molecule has 0 unspecified atom stereocenters. The number of aromatic hydroxyl groups is 1. The molecule has 3 heterocycles. The molecule has 1 aliphatic heterocycles. The third-order valence-corrected chi connectivity index (χ3v) is 8.53. The van der Waals surface area contributed by atoms with Gasteiger partial charge in [-0.2, -0.15) is 4.98 Å². The Hall–Kier alpha value is -5.16. The van der Waals surface area contributed by atoms with E-state index in [0.717, 1.165) is 35.1 Å². The van der Waals surface area contributed by atoms with Gasteiger partial charge in [0.25, 0.3) is 0 Å². The number of amides is 1. The number of phenolic OH excluding ortho intramolecular Hbond substituents is 1. The van der Waals surface area contributed by atoms with E-state index in [1.165, 1.54) is 23.1 Å². The highest BCUT2D eigenvalue weighted by molar-refractivity contribution is 7.90. The molecular formula is C30H26F2N6O5S. The average molecular weight is 621 g/mol. The average Bonchev–Trinajstić information content (AvgIpc) is 2.97. The SMILES string of the molecule is [C-]#[N+]C[C@H]1CN(C(=O)C=C)CCN1c1nc(=O)n(-c2c(C)cccc2S(C)(=O)=O)c2nc(-c3c(O)cccc3F)c(F)cc12. The normalized spacial score (nSPS) is 15.3. The van der Waals surface area contributed by atoms with Crippen molar-refractivity contribution in [1.82, 2.24) is 19.4 Å². The molecule has 2 aromatic carbocycles. The summed E-state index contributed by atoms with van der Waals surface area (Å²) in [5.74, 6) is -3.03. The molecule has 0 saturated carbocycles.